The molecule has 0 unspecified atom stereocenters. The zero-order valence-electron chi connectivity index (χ0n) is 11.1. The summed E-state index contributed by atoms with van der Waals surface area (Å²) in [6.45, 7) is 0.811. The van der Waals surface area contributed by atoms with Crippen LogP contribution in [0, 0.1) is 5.82 Å². The van der Waals surface area contributed by atoms with Crippen LogP contribution in [-0.2, 0) is 6.42 Å². The molecule has 2 aromatic rings. The van der Waals surface area contributed by atoms with Gasteiger partial charge in [-0.15, -0.1) is 0 Å². The number of anilines is 2. The van der Waals surface area contributed by atoms with Crippen LogP contribution in [0.15, 0.2) is 36.7 Å². The van der Waals surface area contributed by atoms with Gasteiger partial charge in [0, 0.05) is 26.7 Å². The maximum absolute atomic E-state index is 12.8. The van der Waals surface area contributed by atoms with E-state index in [-0.39, 0.29) is 5.82 Å². The predicted octanol–water partition coefficient (Wildman–Crippen LogP) is 2.34. The van der Waals surface area contributed by atoms with Crippen molar-refractivity contribution in [1.29, 1.82) is 0 Å². The first-order valence-corrected chi connectivity index (χ1v) is 6.14. The second kappa shape index (κ2) is 6.13. The molecule has 0 aliphatic rings. The lowest BCUT2D eigenvalue weighted by Crippen LogP contribution is -2.21. The summed E-state index contributed by atoms with van der Waals surface area (Å²) in [5.41, 5.74) is 1.11. The molecule has 0 bridgehead atoms. The van der Waals surface area contributed by atoms with E-state index in [9.17, 15) is 4.39 Å². The SMILES string of the molecule is CNc1cc(N(C)CCc2ccc(F)cc2)ncn1. The molecule has 0 saturated heterocycles. The summed E-state index contributed by atoms with van der Waals surface area (Å²) in [4.78, 5) is 10.4. The minimum Gasteiger partial charge on any atom is -0.373 e. The van der Waals surface area contributed by atoms with E-state index >= 15 is 0 Å². The van der Waals surface area contributed by atoms with E-state index < -0.39 is 0 Å². The van der Waals surface area contributed by atoms with Crippen molar-refractivity contribution in [2.24, 2.45) is 0 Å². The number of nitrogens with zero attached hydrogens (tertiary/aromatic N) is 3. The molecule has 5 heteroatoms. The van der Waals surface area contributed by atoms with Crippen molar-refractivity contribution in [3.8, 4) is 0 Å². The molecular weight excluding hydrogens is 243 g/mol. The molecule has 0 saturated carbocycles. The largest absolute Gasteiger partial charge is 0.373 e. The van der Waals surface area contributed by atoms with Crippen molar-refractivity contribution in [2.45, 2.75) is 6.42 Å². The standard InChI is InChI=1S/C14H17FN4/c1-16-13-9-14(18-10-17-13)19(2)8-7-11-3-5-12(15)6-4-11/h3-6,9-10H,7-8H2,1-2H3,(H,16,17,18). The summed E-state index contributed by atoms with van der Waals surface area (Å²) in [5, 5.41) is 2.98. The Bertz CT molecular complexity index is 527. The van der Waals surface area contributed by atoms with Gasteiger partial charge in [0.25, 0.3) is 0 Å². The lowest BCUT2D eigenvalue weighted by Gasteiger charge is -2.18. The van der Waals surface area contributed by atoms with Gasteiger partial charge >= 0.3 is 0 Å². The van der Waals surface area contributed by atoms with E-state index in [1.165, 1.54) is 18.5 Å². The maximum Gasteiger partial charge on any atom is 0.133 e. The molecule has 1 N–H and O–H groups in total. The maximum atomic E-state index is 12.8. The molecular formula is C14H17FN4. The topological polar surface area (TPSA) is 41.0 Å². The highest BCUT2D eigenvalue weighted by molar-refractivity contribution is 5.47. The second-order valence-electron chi connectivity index (χ2n) is 4.31. The molecule has 0 aliphatic carbocycles. The van der Waals surface area contributed by atoms with Crippen molar-refractivity contribution in [3.05, 3.63) is 48.0 Å². The predicted molar refractivity (Wildman–Crippen MR) is 75.0 cm³/mol. The van der Waals surface area contributed by atoms with Crippen molar-refractivity contribution in [3.63, 3.8) is 0 Å². The molecule has 1 heterocycles. The Hall–Kier alpha value is -2.17. The molecule has 0 fully saturated rings. The number of hydrogen-bond acceptors (Lipinski definition) is 4. The van der Waals surface area contributed by atoms with Crippen LogP contribution in [0.3, 0.4) is 0 Å². The zero-order chi connectivity index (χ0) is 13.7. The van der Waals surface area contributed by atoms with Crippen LogP contribution in [0.2, 0.25) is 0 Å². The number of aromatic nitrogens is 2. The molecule has 0 atom stereocenters. The van der Waals surface area contributed by atoms with Crippen LogP contribution in [0.1, 0.15) is 5.56 Å². The average Bonchev–Trinajstić information content (AvgIpc) is 2.46. The summed E-state index contributed by atoms with van der Waals surface area (Å²) in [6, 6.07) is 8.48. The molecule has 4 nitrogen and oxygen atoms in total. The number of benzene rings is 1. The normalized spacial score (nSPS) is 10.3. The van der Waals surface area contributed by atoms with Crippen LogP contribution in [-0.4, -0.2) is 30.6 Å². The third-order valence-electron chi connectivity index (χ3n) is 2.95. The van der Waals surface area contributed by atoms with E-state index in [0.29, 0.717) is 0 Å². The summed E-state index contributed by atoms with van der Waals surface area (Å²) in [5.74, 6) is 1.45. The van der Waals surface area contributed by atoms with Crippen LogP contribution in [0.5, 0.6) is 0 Å². The minimum absolute atomic E-state index is 0.202. The molecule has 0 amide bonds. The van der Waals surface area contributed by atoms with Crippen molar-refractivity contribution < 1.29 is 4.39 Å². The van der Waals surface area contributed by atoms with Crippen LogP contribution in [0.25, 0.3) is 0 Å². The highest BCUT2D eigenvalue weighted by Crippen LogP contribution is 2.13. The third kappa shape index (κ3) is 3.64. The first-order chi connectivity index (χ1) is 9.19. The number of rotatable bonds is 5. The Morgan fingerprint density at radius 3 is 2.63 bits per heavy atom. The van der Waals surface area contributed by atoms with Crippen molar-refractivity contribution >= 4 is 11.6 Å². The number of halogens is 1. The van der Waals surface area contributed by atoms with Gasteiger partial charge in [0.05, 0.1) is 0 Å². The van der Waals surface area contributed by atoms with E-state index in [0.717, 1.165) is 30.2 Å². The zero-order valence-corrected chi connectivity index (χ0v) is 11.1. The third-order valence-corrected chi connectivity index (χ3v) is 2.95. The first-order valence-electron chi connectivity index (χ1n) is 6.14. The minimum atomic E-state index is -0.202. The Morgan fingerprint density at radius 1 is 1.21 bits per heavy atom. The molecule has 19 heavy (non-hydrogen) atoms. The molecule has 100 valence electrons. The van der Waals surface area contributed by atoms with E-state index in [2.05, 4.69) is 15.3 Å². The Morgan fingerprint density at radius 2 is 1.95 bits per heavy atom. The monoisotopic (exact) mass is 260 g/mol. The van der Waals surface area contributed by atoms with Crippen LogP contribution < -0.4 is 10.2 Å². The van der Waals surface area contributed by atoms with Crippen LogP contribution >= 0.6 is 0 Å². The molecule has 2 rings (SSSR count). The molecule has 1 aromatic heterocycles. The molecule has 0 radical (unpaired) electrons. The summed E-state index contributed by atoms with van der Waals surface area (Å²) in [7, 11) is 3.80. The van der Waals surface area contributed by atoms with Gasteiger partial charge in [-0.2, -0.15) is 0 Å². The Labute approximate surface area is 112 Å². The number of hydrogen-bond donors (Lipinski definition) is 1. The summed E-state index contributed by atoms with van der Waals surface area (Å²) < 4.78 is 12.8. The van der Waals surface area contributed by atoms with Gasteiger partial charge in [-0.25, -0.2) is 14.4 Å². The Balaban J connectivity index is 1.96. The van der Waals surface area contributed by atoms with Gasteiger partial charge in [0.1, 0.15) is 23.8 Å². The van der Waals surface area contributed by atoms with E-state index in [1.54, 1.807) is 0 Å². The molecule has 1 aromatic carbocycles. The summed E-state index contributed by atoms with van der Waals surface area (Å²) >= 11 is 0. The fraction of sp³-hybridized carbons (Fsp3) is 0.286. The van der Waals surface area contributed by atoms with Gasteiger partial charge in [0.15, 0.2) is 0 Å². The Kier molecular flexibility index (Phi) is 4.28. The van der Waals surface area contributed by atoms with Crippen molar-refractivity contribution in [1.82, 2.24) is 9.97 Å². The van der Waals surface area contributed by atoms with Gasteiger partial charge in [-0.3, -0.25) is 0 Å². The van der Waals surface area contributed by atoms with Crippen molar-refractivity contribution in [2.75, 3.05) is 30.9 Å². The summed E-state index contributed by atoms with van der Waals surface area (Å²) in [6.07, 6.45) is 2.38. The lowest BCUT2D eigenvalue weighted by molar-refractivity contribution is 0.627. The average molecular weight is 260 g/mol. The molecule has 0 spiro atoms. The van der Waals surface area contributed by atoms with Gasteiger partial charge in [0.2, 0.25) is 0 Å². The fourth-order valence-electron chi connectivity index (χ4n) is 1.75. The molecule has 0 aliphatic heterocycles. The smallest absolute Gasteiger partial charge is 0.133 e. The van der Waals surface area contributed by atoms with E-state index in [4.69, 9.17) is 0 Å². The number of likely N-dealkylation sites (N-methyl/N-ethyl adjacent to an activating group) is 1. The van der Waals surface area contributed by atoms with Gasteiger partial charge in [-0.1, -0.05) is 12.1 Å². The van der Waals surface area contributed by atoms with Gasteiger partial charge < -0.3 is 10.2 Å². The lowest BCUT2D eigenvalue weighted by atomic mass is 10.1. The fourth-order valence-corrected chi connectivity index (χ4v) is 1.75. The highest BCUT2D eigenvalue weighted by atomic mass is 19.1. The van der Waals surface area contributed by atoms with E-state index in [1.807, 2.05) is 37.2 Å². The first kappa shape index (κ1) is 13.3. The van der Waals surface area contributed by atoms with Crippen LogP contribution in [0.4, 0.5) is 16.0 Å². The van der Waals surface area contributed by atoms with Gasteiger partial charge in [-0.05, 0) is 24.1 Å². The number of nitrogens with one attached hydrogen (secondary N) is 1. The second-order valence-corrected chi connectivity index (χ2v) is 4.31. The highest BCUT2D eigenvalue weighted by Gasteiger charge is 2.04. The quantitative estimate of drug-likeness (QED) is 0.896.